The summed E-state index contributed by atoms with van der Waals surface area (Å²) < 4.78 is 10.7. The van der Waals surface area contributed by atoms with Crippen LogP contribution in [0.15, 0.2) is 41.8 Å². The zero-order valence-corrected chi connectivity index (χ0v) is 12.6. The molecule has 5 heteroatoms. The van der Waals surface area contributed by atoms with Crippen LogP contribution in [0.1, 0.15) is 17.2 Å². The molecule has 110 valence electrons. The number of hydrogen-bond donors (Lipinski definition) is 1. The van der Waals surface area contributed by atoms with Gasteiger partial charge in [-0.3, -0.25) is 4.79 Å². The molecule has 1 aliphatic carbocycles. The Morgan fingerprint density at radius 2 is 2.10 bits per heavy atom. The number of benzene rings is 1. The van der Waals surface area contributed by atoms with Gasteiger partial charge in [0.2, 0.25) is 0 Å². The highest BCUT2D eigenvalue weighted by Crippen LogP contribution is 2.42. The van der Waals surface area contributed by atoms with E-state index < -0.39 is 0 Å². The van der Waals surface area contributed by atoms with Gasteiger partial charge in [0.05, 0.1) is 7.11 Å². The first kappa shape index (κ1) is 13.9. The lowest BCUT2D eigenvalue weighted by molar-refractivity contribution is -0.123. The smallest absolute Gasteiger partial charge is 0.258 e. The third kappa shape index (κ3) is 3.36. The highest BCUT2D eigenvalue weighted by molar-refractivity contribution is 7.10. The van der Waals surface area contributed by atoms with Gasteiger partial charge in [0.15, 0.2) is 18.1 Å². The number of para-hydroxylation sites is 2. The van der Waals surface area contributed by atoms with Gasteiger partial charge in [0.1, 0.15) is 0 Å². The van der Waals surface area contributed by atoms with Gasteiger partial charge in [0, 0.05) is 16.8 Å². The molecule has 1 heterocycles. The number of rotatable bonds is 6. The second kappa shape index (κ2) is 6.18. The van der Waals surface area contributed by atoms with E-state index in [0.29, 0.717) is 17.4 Å². The van der Waals surface area contributed by atoms with Crippen molar-refractivity contribution in [3.8, 4) is 11.5 Å². The predicted molar refractivity (Wildman–Crippen MR) is 82.1 cm³/mol. The number of ether oxygens (including phenoxy) is 2. The number of thiophene rings is 1. The van der Waals surface area contributed by atoms with Crippen LogP contribution in [0.5, 0.6) is 11.5 Å². The van der Waals surface area contributed by atoms with Crippen LogP contribution < -0.4 is 14.8 Å². The van der Waals surface area contributed by atoms with Crippen molar-refractivity contribution in [1.29, 1.82) is 0 Å². The Bertz CT molecular complexity index is 612. The standard InChI is InChI=1S/C16H17NO3S/c1-19-13-5-2-3-6-14(13)20-10-16(18)17-12-9-11(12)15-7-4-8-21-15/h2-8,11-12H,9-10H2,1H3,(H,17,18). The molecule has 0 spiro atoms. The molecule has 0 aliphatic heterocycles. The summed E-state index contributed by atoms with van der Waals surface area (Å²) >= 11 is 1.74. The van der Waals surface area contributed by atoms with E-state index in [0.717, 1.165) is 6.42 Å². The fraction of sp³-hybridized carbons (Fsp3) is 0.312. The number of hydrogen-bond acceptors (Lipinski definition) is 4. The minimum Gasteiger partial charge on any atom is -0.493 e. The van der Waals surface area contributed by atoms with Gasteiger partial charge >= 0.3 is 0 Å². The maximum absolute atomic E-state index is 11.9. The first-order chi connectivity index (χ1) is 10.3. The van der Waals surface area contributed by atoms with Crippen molar-refractivity contribution in [2.24, 2.45) is 0 Å². The average molecular weight is 303 g/mol. The molecular weight excluding hydrogens is 286 g/mol. The monoisotopic (exact) mass is 303 g/mol. The molecule has 1 aliphatic rings. The summed E-state index contributed by atoms with van der Waals surface area (Å²) in [6, 6.07) is 11.7. The number of carbonyl (C=O) groups excluding carboxylic acids is 1. The minimum absolute atomic E-state index is 0.00797. The number of methoxy groups -OCH3 is 1. The fourth-order valence-electron chi connectivity index (χ4n) is 2.30. The Kier molecular flexibility index (Phi) is 4.10. The van der Waals surface area contributed by atoms with Gasteiger partial charge in [-0.05, 0) is 30.0 Å². The largest absolute Gasteiger partial charge is 0.493 e. The van der Waals surface area contributed by atoms with Gasteiger partial charge in [-0.25, -0.2) is 0 Å². The maximum Gasteiger partial charge on any atom is 0.258 e. The van der Waals surface area contributed by atoms with Crippen LogP contribution >= 0.6 is 11.3 Å². The summed E-state index contributed by atoms with van der Waals surface area (Å²) in [6.07, 6.45) is 1.01. The topological polar surface area (TPSA) is 47.6 Å². The molecule has 1 aromatic carbocycles. The van der Waals surface area contributed by atoms with Crippen LogP contribution in [-0.2, 0) is 4.79 Å². The van der Waals surface area contributed by atoms with Gasteiger partial charge < -0.3 is 14.8 Å². The molecule has 2 unspecified atom stereocenters. The SMILES string of the molecule is COc1ccccc1OCC(=O)NC1CC1c1cccs1. The summed E-state index contributed by atoms with van der Waals surface area (Å²) in [5.41, 5.74) is 0. The van der Waals surface area contributed by atoms with E-state index in [1.165, 1.54) is 4.88 Å². The molecule has 1 saturated carbocycles. The Morgan fingerprint density at radius 1 is 1.29 bits per heavy atom. The first-order valence-electron chi connectivity index (χ1n) is 6.86. The lowest BCUT2D eigenvalue weighted by Crippen LogP contribution is -2.31. The molecule has 1 amide bonds. The molecule has 3 rings (SSSR count). The Hall–Kier alpha value is -2.01. The van der Waals surface area contributed by atoms with Crippen LogP contribution in [0.4, 0.5) is 0 Å². The lowest BCUT2D eigenvalue weighted by Gasteiger charge is -2.10. The normalized spacial score (nSPS) is 19.9. The van der Waals surface area contributed by atoms with Crippen LogP contribution in [0.25, 0.3) is 0 Å². The quantitative estimate of drug-likeness (QED) is 0.892. The Labute approximate surface area is 127 Å². The summed E-state index contributed by atoms with van der Waals surface area (Å²) in [6.45, 7) is 0.00797. The van der Waals surface area contributed by atoms with Crippen LogP contribution in [0, 0.1) is 0 Å². The van der Waals surface area contributed by atoms with Gasteiger partial charge in [0.25, 0.3) is 5.91 Å². The van der Waals surface area contributed by atoms with E-state index in [-0.39, 0.29) is 18.6 Å². The van der Waals surface area contributed by atoms with Crippen LogP contribution in [-0.4, -0.2) is 25.7 Å². The minimum atomic E-state index is -0.0926. The van der Waals surface area contributed by atoms with Gasteiger partial charge in [-0.1, -0.05) is 18.2 Å². The summed E-state index contributed by atoms with van der Waals surface area (Å²) in [5, 5.41) is 5.07. The van der Waals surface area contributed by atoms with E-state index in [9.17, 15) is 4.79 Å². The third-order valence-corrected chi connectivity index (χ3v) is 4.48. The second-order valence-electron chi connectivity index (χ2n) is 4.97. The van der Waals surface area contributed by atoms with Crippen molar-refractivity contribution in [2.45, 2.75) is 18.4 Å². The van der Waals surface area contributed by atoms with Crippen molar-refractivity contribution in [3.63, 3.8) is 0 Å². The molecule has 4 nitrogen and oxygen atoms in total. The van der Waals surface area contributed by atoms with E-state index in [1.807, 2.05) is 18.2 Å². The zero-order chi connectivity index (χ0) is 14.7. The van der Waals surface area contributed by atoms with Crippen LogP contribution in [0.2, 0.25) is 0 Å². The molecule has 21 heavy (non-hydrogen) atoms. The summed E-state index contributed by atoms with van der Waals surface area (Å²) in [7, 11) is 1.58. The fourth-order valence-corrected chi connectivity index (χ4v) is 3.21. The molecule has 2 aromatic rings. The summed E-state index contributed by atoms with van der Waals surface area (Å²) in [4.78, 5) is 13.2. The van der Waals surface area contributed by atoms with Crippen molar-refractivity contribution in [1.82, 2.24) is 5.32 Å². The van der Waals surface area contributed by atoms with Crippen molar-refractivity contribution >= 4 is 17.2 Å². The van der Waals surface area contributed by atoms with Crippen LogP contribution in [0.3, 0.4) is 0 Å². The highest BCUT2D eigenvalue weighted by atomic mass is 32.1. The van der Waals surface area contributed by atoms with E-state index in [4.69, 9.17) is 9.47 Å². The lowest BCUT2D eigenvalue weighted by atomic mass is 10.3. The predicted octanol–water partition coefficient (Wildman–Crippen LogP) is 2.81. The molecule has 1 N–H and O–H groups in total. The van der Waals surface area contributed by atoms with Gasteiger partial charge in [-0.15, -0.1) is 11.3 Å². The number of carbonyl (C=O) groups is 1. The molecule has 1 fully saturated rings. The zero-order valence-electron chi connectivity index (χ0n) is 11.7. The third-order valence-electron chi connectivity index (χ3n) is 3.47. The molecule has 1 aromatic heterocycles. The van der Waals surface area contributed by atoms with Crippen molar-refractivity contribution in [2.75, 3.05) is 13.7 Å². The average Bonchev–Trinajstić information content (AvgIpc) is 3.05. The highest BCUT2D eigenvalue weighted by Gasteiger charge is 2.40. The van der Waals surface area contributed by atoms with Crippen molar-refractivity contribution in [3.05, 3.63) is 46.7 Å². The van der Waals surface area contributed by atoms with E-state index >= 15 is 0 Å². The van der Waals surface area contributed by atoms with Gasteiger partial charge in [-0.2, -0.15) is 0 Å². The van der Waals surface area contributed by atoms with Crippen molar-refractivity contribution < 1.29 is 14.3 Å². The molecule has 0 saturated heterocycles. The molecule has 0 bridgehead atoms. The molecule has 0 radical (unpaired) electrons. The molecular formula is C16H17NO3S. The Balaban J connectivity index is 1.47. The number of nitrogens with one attached hydrogen (secondary N) is 1. The van der Waals surface area contributed by atoms with E-state index in [1.54, 1.807) is 30.6 Å². The second-order valence-corrected chi connectivity index (χ2v) is 5.95. The summed E-state index contributed by atoms with van der Waals surface area (Å²) in [5.74, 6) is 1.60. The first-order valence-corrected chi connectivity index (χ1v) is 7.74. The maximum atomic E-state index is 11.9. The van der Waals surface area contributed by atoms with E-state index in [2.05, 4.69) is 16.8 Å². The number of amides is 1. The molecule has 2 atom stereocenters. The Morgan fingerprint density at radius 3 is 2.81 bits per heavy atom.